The van der Waals surface area contributed by atoms with Crippen LogP contribution in [-0.2, 0) is 0 Å². The van der Waals surface area contributed by atoms with Crippen LogP contribution in [0.15, 0.2) is 0 Å². The van der Waals surface area contributed by atoms with Crippen LogP contribution in [0.25, 0.3) is 0 Å². The molecule has 2 atom stereocenters. The quantitative estimate of drug-likeness (QED) is 0.626. The molecule has 4 rings (SSSR count). The van der Waals surface area contributed by atoms with Gasteiger partial charge in [-0.05, 0) is 55.0 Å². The van der Waals surface area contributed by atoms with Gasteiger partial charge in [0.2, 0.25) is 0 Å². The van der Waals surface area contributed by atoms with Crippen molar-refractivity contribution >= 4 is 0 Å². The lowest BCUT2D eigenvalue weighted by molar-refractivity contribution is -0.104. The van der Waals surface area contributed by atoms with Crippen LogP contribution >= 0.6 is 0 Å². The Hall–Kier alpha value is -0.0400. The fraction of sp³-hybridized carbons (Fsp3) is 1.00. The maximum absolute atomic E-state index is 8.51. The molecule has 0 spiro atoms. The van der Waals surface area contributed by atoms with Crippen molar-refractivity contribution < 1.29 is 16.4 Å². The molecule has 2 N–H and O–H groups in total. The van der Waals surface area contributed by atoms with E-state index in [-0.39, 0.29) is 0 Å². The average molecular weight is 191 g/mol. The minimum atomic E-state index is -3.13. The topological polar surface area (TPSA) is 26.0 Å². The molecule has 13 heavy (non-hydrogen) atoms. The molecule has 4 aliphatic rings. The largest absolute Gasteiger partial charge is 0.325 e. The summed E-state index contributed by atoms with van der Waals surface area (Å²) >= 11 is 0. The first-order chi connectivity index (χ1) is 10.6. The molecule has 0 aliphatic heterocycles. The van der Waals surface area contributed by atoms with E-state index in [1.807, 2.05) is 0 Å². The molecule has 4 fully saturated rings. The monoisotopic (exact) mass is 191 g/mol. The van der Waals surface area contributed by atoms with E-state index in [0.29, 0.717) is 0 Å². The maximum atomic E-state index is 8.51. The second kappa shape index (κ2) is 1.98. The molecule has 2 unspecified atom stereocenters. The minimum absolute atomic E-state index is 0.958. The first-order valence-electron chi connectivity index (χ1n) is 10.4. The second-order valence-corrected chi connectivity index (χ2v) is 4.30. The predicted molar refractivity (Wildman–Crippen MR) is 54.3 cm³/mol. The number of hydrogen-bond donors (Lipinski definition) is 1. The van der Waals surface area contributed by atoms with Gasteiger partial charge in [-0.3, -0.25) is 0 Å². The summed E-state index contributed by atoms with van der Waals surface area (Å²) in [6, 6.07) is 0. The van der Waals surface area contributed by atoms with Gasteiger partial charge < -0.3 is 5.73 Å². The SMILES string of the molecule is [2H]C1([2H])C2C([2H])([2H])C3(C)C([2H])([2H])C1(C)C([2H])([2H])C(N)(C2([2H])[2H])C3([2H])[2H]. The van der Waals surface area contributed by atoms with Crippen LogP contribution in [0.1, 0.15) is 68.5 Å². The Bertz CT molecular complexity index is 557. The number of hydrogen-bond acceptors (Lipinski definition) is 1. The maximum Gasteiger partial charge on any atom is 0.0291 e. The fourth-order valence-corrected chi connectivity index (χ4v) is 2.51. The molecule has 4 aliphatic carbocycles. The summed E-state index contributed by atoms with van der Waals surface area (Å²) in [5.74, 6) is -2.14. The van der Waals surface area contributed by atoms with E-state index in [4.69, 9.17) is 22.2 Å². The number of rotatable bonds is 0. The summed E-state index contributed by atoms with van der Waals surface area (Å²) < 4.78 is 101. The summed E-state index contributed by atoms with van der Waals surface area (Å²) in [4.78, 5) is 0. The van der Waals surface area contributed by atoms with Crippen molar-refractivity contribution in [1.29, 1.82) is 0 Å². The zero-order valence-electron chi connectivity index (χ0n) is 19.7. The summed E-state index contributed by atoms with van der Waals surface area (Å²) in [6.07, 6.45) is -18.3. The molecular weight excluding hydrogens is 158 g/mol. The van der Waals surface area contributed by atoms with E-state index >= 15 is 0 Å². The summed E-state index contributed by atoms with van der Waals surface area (Å²) in [5.41, 5.74) is -2.01. The zero-order chi connectivity index (χ0) is 20.1. The third kappa shape index (κ3) is 1.09. The van der Waals surface area contributed by atoms with E-state index in [1.54, 1.807) is 0 Å². The van der Waals surface area contributed by atoms with Crippen LogP contribution in [0.4, 0.5) is 0 Å². The normalized spacial score (nSPS) is 101. The van der Waals surface area contributed by atoms with Crippen molar-refractivity contribution in [2.45, 2.75) is 57.6 Å². The van der Waals surface area contributed by atoms with Gasteiger partial charge in [0.25, 0.3) is 0 Å². The molecule has 0 saturated heterocycles. The Labute approximate surface area is 97.9 Å². The number of nitrogens with two attached hydrogens (primary N) is 1. The third-order valence-electron chi connectivity index (χ3n) is 2.63. The highest BCUT2D eigenvalue weighted by molar-refractivity contribution is 5.12. The molecule has 1 heteroatoms. The highest BCUT2D eigenvalue weighted by Gasteiger charge is 2.58. The molecule has 74 valence electrons. The van der Waals surface area contributed by atoms with Gasteiger partial charge in [0.05, 0.1) is 0 Å². The van der Waals surface area contributed by atoms with E-state index in [0.717, 1.165) is 13.8 Å². The Balaban J connectivity index is 2.64. The van der Waals surface area contributed by atoms with Crippen LogP contribution in [0.3, 0.4) is 0 Å². The van der Waals surface area contributed by atoms with Crippen LogP contribution in [-0.4, -0.2) is 5.54 Å². The van der Waals surface area contributed by atoms with E-state index < -0.39 is 60.5 Å². The van der Waals surface area contributed by atoms with Gasteiger partial charge in [-0.1, -0.05) is 13.8 Å². The van der Waals surface area contributed by atoms with Gasteiger partial charge in [-0.2, -0.15) is 0 Å². The summed E-state index contributed by atoms with van der Waals surface area (Å²) in [6.45, 7) is 1.92. The first-order valence-corrected chi connectivity index (χ1v) is 4.40. The van der Waals surface area contributed by atoms with E-state index in [1.165, 1.54) is 0 Å². The molecule has 0 aromatic heterocycles. The summed E-state index contributed by atoms with van der Waals surface area (Å²) in [7, 11) is 0. The molecule has 0 amide bonds. The molecule has 0 radical (unpaired) electrons. The molecule has 0 aromatic rings. The van der Waals surface area contributed by atoms with Gasteiger partial charge in [0.1, 0.15) is 0 Å². The Morgan fingerprint density at radius 3 is 2.15 bits per heavy atom. The zero-order valence-corrected chi connectivity index (χ0v) is 7.65. The van der Waals surface area contributed by atoms with Crippen LogP contribution in [0.2, 0.25) is 0 Å². The van der Waals surface area contributed by atoms with Crippen molar-refractivity contribution in [3.63, 3.8) is 0 Å². The lowest BCUT2D eigenvalue weighted by atomic mass is 9.43. The standard InChI is InChI=1S/C12H21N/c1-10-3-9-4-11(2,6-10)8-12(13,5-9)7-10/h9H,3-8,13H2,1-2H3/i3D2,4D2,5D2,6D2,7D2,8D2. The predicted octanol–water partition coefficient (Wildman–Crippen LogP) is 2.69. The highest BCUT2D eigenvalue weighted by Crippen LogP contribution is 2.65. The van der Waals surface area contributed by atoms with Crippen molar-refractivity contribution in [2.24, 2.45) is 22.5 Å². The van der Waals surface area contributed by atoms with E-state index in [2.05, 4.69) is 0 Å². The molecule has 0 aromatic carbocycles. The van der Waals surface area contributed by atoms with Crippen LogP contribution in [0, 0.1) is 16.7 Å². The fourth-order valence-electron chi connectivity index (χ4n) is 2.51. The van der Waals surface area contributed by atoms with Gasteiger partial charge in [0.15, 0.2) is 0 Å². The molecule has 4 bridgehead atoms. The average Bonchev–Trinajstić information content (AvgIpc) is 2.38. The first kappa shape index (κ1) is 2.55. The lowest BCUT2D eigenvalue weighted by Crippen LogP contribution is -2.62. The Kier molecular flexibility index (Phi) is 0.388. The van der Waals surface area contributed by atoms with E-state index in [9.17, 15) is 0 Å². The minimum Gasteiger partial charge on any atom is -0.325 e. The van der Waals surface area contributed by atoms with Crippen LogP contribution < -0.4 is 5.73 Å². The van der Waals surface area contributed by atoms with Gasteiger partial charge in [0, 0.05) is 22.0 Å². The van der Waals surface area contributed by atoms with Crippen molar-refractivity contribution in [1.82, 2.24) is 0 Å². The van der Waals surface area contributed by atoms with Gasteiger partial charge >= 0.3 is 0 Å². The lowest BCUT2D eigenvalue weighted by Gasteiger charge is -2.64. The van der Waals surface area contributed by atoms with Crippen molar-refractivity contribution in [3.8, 4) is 0 Å². The Morgan fingerprint density at radius 1 is 1.08 bits per heavy atom. The molecule has 1 nitrogen and oxygen atoms in total. The smallest absolute Gasteiger partial charge is 0.0291 e. The third-order valence-corrected chi connectivity index (χ3v) is 2.63. The second-order valence-electron chi connectivity index (χ2n) is 4.30. The molecule has 0 heterocycles. The summed E-state index contributed by atoms with van der Waals surface area (Å²) in [5, 5.41) is 0. The Morgan fingerprint density at radius 2 is 1.62 bits per heavy atom. The van der Waals surface area contributed by atoms with Gasteiger partial charge in [-0.15, -0.1) is 0 Å². The highest BCUT2D eigenvalue weighted by atomic mass is 14.8. The van der Waals surface area contributed by atoms with Crippen molar-refractivity contribution in [2.75, 3.05) is 0 Å². The molecular formula is C12H21N. The van der Waals surface area contributed by atoms with Crippen LogP contribution in [0.5, 0.6) is 0 Å². The van der Waals surface area contributed by atoms with Gasteiger partial charge in [-0.25, -0.2) is 0 Å². The van der Waals surface area contributed by atoms with Crippen molar-refractivity contribution in [3.05, 3.63) is 0 Å². The molecule has 4 saturated carbocycles.